The van der Waals surface area contributed by atoms with Gasteiger partial charge < -0.3 is 0 Å². The van der Waals surface area contributed by atoms with E-state index in [1.54, 1.807) is 0 Å². The summed E-state index contributed by atoms with van der Waals surface area (Å²) in [5.74, 6) is 2.43. The minimum atomic E-state index is -3.72. The van der Waals surface area contributed by atoms with Crippen LogP contribution in [-0.4, -0.2) is 34.7 Å². The number of terminal acetylenes is 1. The fourth-order valence-corrected chi connectivity index (χ4v) is 3.95. The molecule has 0 atom stereocenters. The zero-order valence-electron chi connectivity index (χ0n) is 8.56. The van der Waals surface area contributed by atoms with E-state index >= 15 is 0 Å². The highest BCUT2D eigenvalue weighted by Gasteiger charge is 2.16. The molecule has 7 heteroatoms. The Morgan fingerprint density at radius 3 is 2.27 bits per heavy atom. The van der Waals surface area contributed by atoms with Gasteiger partial charge in [0.05, 0.1) is 0 Å². The predicted molar refractivity (Wildman–Crippen MR) is 59.3 cm³/mol. The number of rotatable bonds is 7. The number of sulfonamides is 1. The second-order valence-electron chi connectivity index (χ2n) is 3.21. The number of hydrogen-bond acceptors (Lipinski definition) is 4. The van der Waals surface area contributed by atoms with Crippen LogP contribution in [0.1, 0.15) is 19.3 Å². The van der Waals surface area contributed by atoms with Crippen molar-refractivity contribution in [1.29, 1.82) is 0 Å². The van der Waals surface area contributed by atoms with Crippen molar-refractivity contribution >= 4 is 19.9 Å². The maximum atomic E-state index is 11.1. The Hall–Kier alpha value is -0.580. The van der Waals surface area contributed by atoms with Crippen LogP contribution in [0.4, 0.5) is 0 Å². The molecular formula is C8H15NO4S2. The van der Waals surface area contributed by atoms with E-state index in [0.29, 0.717) is 12.8 Å². The van der Waals surface area contributed by atoms with Crippen molar-refractivity contribution in [3.63, 3.8) is 0 Å². The third kappa shape index (κ3) is 9.72. The third-order valence-corrected chi connectivity index (χ3v) is 5.04. The van der Waals surface area contributed by atoms with Crippen LogP contribution in [0.2, 0.25) is 0 Å². The van der Waals surface area contributed by atoms with E-state index in [2.05, 4.69) is 10.6 Å². The smallest absolute Gasteiger partial charge is 0.226 e. The first-order valence-corrected chi connectivity index (χ1v) is 8.06. The second kappa shape index (κ2) is 6.10. The van der Waals surface area contributed by atoms with Crippen LogP contribution in [-0.2, 0) is 19.9 Å². The monoisotopic (exact) mass is 253 g/mol. The fourth-order valence-electron chi connectivity index (χ4n) is 0.903. The first-order chi connectivity index (χ1) is 6.77. The van der Waals surface area contributed by atoms with Crippen molar-refractivity contribution in [3.8, 4) is 12.3 Å². The Morgan fingerprint density at radius 1 is 1.20 bits per heavy atom. The highest BCUT2D eigenvalue weighted by molar-refractivity contribution is 8.06. The van der Waals surface area contributed by atoms with Crippen molar-refractivity contribution in [1.82, 2.24) is 4.72 Å². The molecule has 0 radical (unpaired) electrons. The minimum absolute atomic E-state index is 0.222. The molecule has 15 heavy (non-hydrogen) atoms. The lowest BCUT2D eigenvalue weighted by Gasteiger charge is -2.04. The van der Waals surface area contributed by atoms with Crippen molar-refractivity contribution in [2.75, 3.05) is 17.9 Å². The molecule has 0 aromatic rings. The highest BCUT2D eigenvalue weighted by atomic mass is 32.3. The van der Waals surface area contributed by atoms with E-state index in [1.165, 1.54) is 0 Å². The first kappa shape index (κ1) is 14.4. The Morgan fingerprint density at radius 2 is 1.80 bits per heavy atom. The van der Waals surface area contributed by atoms with Gasteiger partial charge in [0, 0.05) is 19.2 Å². The quantitative estimate of drug-likeness (QED) is 0.499. The molecule has 0 bridgehead atoms. The van der Waals surface area contributed by atoms with Crippen molar-refractivity contribution in [3.05, 3.63) is 0 Å². The Bertz CT molecular complexity index is 416. The molecule has 5 nitrogen and oxygen atoms in total. The summed E-state index contributed by atoms with van der Waals surface area (Å²) in [5, 5.41) is -0.866. The lowest BCUT2D eigenvalue weighted by atomic mass is 10.2. The number of unbranched alkanes of at least 4 members (excludes halogenated alkanes) is 2. The second-order valence-corrected chi connectivity index (χ2v) is 7.53. The summed E-state index contributed by atoms with van der Waals surface area (Å²) < 4.78 is 46.0. The van der Waals surface area contributed by atoms with Crippen molar-refractivity contribution in [2.45, 2.75) is 19.3 Å². The predicted octanol–water partition coefficient (Wildman–Crippen LogP) is -0.289. The van der Waals surface area contributed by atoms with Crippen LogP contribution in [0.15, 0.2) is 0 Å². The van der Waals surface area contributed by atoms with Crippen LogP contribution in [0.5, 0.6) is 0 Å². The highest BCUT2D eigenvalue weighted by Crippen LogP contribution is 1.95. The van der Waals surface area contributed by atoms with Gasteiger partial charge in [0.25, 0.3) is 0 Å². The van der Waals surface area contributed by atoms with E-state index < -0.39 is 24.9 Å². The average Bonchev–Trinajstić information content (AvgIpc) is 1.99. The SMILES string of the molecule is C#CCCCCNS(=O)(=O)CS(C)(=O)=O. The molecule has 88 valence electrons. The van der Waals surface area contributed by atoms with Crippen LogP contribution < -0.4 is 4.72 Å². The Labute approximate surface area is 91.2 Å². The van der Waals surface area contributed by atoms with Crippen molar-refractivity contribution < 1.29 is 16.8 Å². The molecule has 0 amide bonds. The first-order valence-electron chi connectivity index (χ1n) is 4.35. The molecule has 0 aromatic carbocycles. The Balaban J connectivity index is 3.93. The maximum absolute atomic E-state index is 11.1. The fraction of sp³-hybridized carbons (Fsp3) is 0.750. The van der Waals surface area contributed by atoms with Gasteiger partial charge in [0.1, 0.15) is 0 Å². The lowest BCUT2D eigenvalue weighted by molar-refractivity contribution is 0.577. The van der Waals surface area contributed by atoms with Crippen LogP contribution in [0.25, 0.3) is 0 Å². The van der Waals surface area contributed by atoms with E-state index in [9.17, 15) is 16.8 Å². The van der Waals surface area contributed by atoms with Crippen LogP contribution in [0, 0.1) is 12.3 Å². The van der Waals surface area contributed by atoms with Gasteiger partial charge >= 0.3 is 0 Å². The molecule has 0 saturated heterocycles. The molecule has 0 spiro atoms. The van der Waals surface area contributed by atoms with Gasteiger partial charge in [-0.1, -0.05) is 0 Å². The zero-order valence-corrected chi connectivity index (χ0v) is 10.2. The normalized spacial score (nSPS) is 12.3. The summed E-state index contributed by atoms with van der Waals surface area (Å²) in [7, 11) is -7.23. The summed E-state index contributed by atoms with van der Waals surface area (Å²) in [6.07, 6.45) is 7.81. The standard InChI is InChI=1S/C8H15NO4S2/c1-3-4-5-6-7-9-15(12,13)8-14(2,10)11/h1,9H,4-8H2,2H3. The van der Waals surface area contributed by atoms with Crippen LogP contribution >= 0.6 is 0 Å². The topological polar surface area (TPSA) is 80.3 Å². The Kier molecular flexibility index (Phi) is 5.87. The van der Waals surface area contributed by atoms with Gasteiger partial charge in [-0.2, -0.15) is 0 Å². The summed E-state index contributed by atoms with van der Waals surface area (Å²) in [6, 6.07) is 0. The largest absolute Gasteiger partial charge is 0.228 e. The van der Waals surface area contributed by atoms with E-state index in [1.807, 2.05) is 0 Å². The molecule has 0 saturated carbocycles. The summed E-state index contributed by atoms with van der Waals surface area (Å²) in [6.45, 7) is 0.222. The number of sulfone groups is 1. The average molecular weight is 253 g/mol. The van der Waals surface area contributed by atoms with Gasteiger partial charge in [0.15, 0.2) is 14.9 Å². The van der Waals surface area contributed by atoms with Gasteiger partial charge in [-0.3, -0.25) is 0 Å². The molecule has 0 aliphatic rings. The van der Waals surface area contributed by atoms with Gasteiger partial charge in [-0.05, 0) is 12.8 Å². The van der Waals surface area contributed by atoms with Gasteiger partial charge in [0.2, 0.25) is 10.0 Å². The molecule has 0 unspecified atom stereocenters. The van der Waals surface area contributed by atoms with Crippen LogP contribution in [0.3, 0.4) is 0 Å². The van der Waals surface area contributed by atoms with Crippen molar-refractivity contribution in [2.24, 2.45) is 0 Å². The molecule has 0 rings (SSSR count). The summed E-state index contributed by atoms with van der Waals surface area (Å²) in [5.41, 5.74) is 0. The molecule has 0 fully saturated rings. The summed E-state index contributed by atoms with van der Waals surface area (Å²) >= 11 is 0. The molecule has 0 heterocycles. The molecule has 0 aliphatic heterocycles. The summed E-state index contributed by atoms with van der Waals surface area (Å²) in [4.78, 5) is 0. The zero-order chi connectivity index (χ0) is 11.9. The van der Waals surface area contributed by atoms with E-state index in [-0.39, 0.29) is 6.54 Å². The third-order valence-electron chi connectivity index (χ3n) is 1.44. The van der Waals surface area contributed by atoms with E-state index in [4.69, 9.17) is 6.42 Å². The van der Waals surface area contributed by atoms with E-state index in [0.717, 1.165) is 12.7 Å². The van der Waals surface area contributed by atoms with Gasteiger partial charge in [-0.25, -0.2) is 21.6 Å². The molecule has 0 aromatic heterocycles. The lowest BCUT2D eigenvalue weighted by Crippen LogP contribution is -2.30. The molecular weight excluding hydrogens is 238 g/mol. The van der Waals surface area contributed by atoms with Gasteiger partial charge in [-0.15, -0.1) is 12.3 Å². The minimum Gasteiger partial charge on any atom is -0.228 e. The molecule has 0 aliphatic carbocycles. The number of hydrogen-bond donors (Lipinski definition) is 1. The maximum Gasteiger partial charge on any atom is 0.226 e. The number of nitrogens with one attached hydrogen (secondary N) is 1. The molecule has 1 N–H and O–H groups in total.